The first-order chi connectivity index (χ1) is 8.15. The van der Waals surface area contributed by atoms with Crippen LogP contribution < -0.4 is 4.74 Å². The van der Waals surface area contributed by atoms with E-state index < -0.39 is 0 Å². The van der Waals surface area contributed by atoms with Crippen molar-refractivity contribution in [2.45, 2.75) is 26.4 Å². The minimum Gasteiger partial charge on any atom is -0.486 e. The van der Waals surface area contributed by atoms with Gasteiger partial charge in [-0.2, -0.15) is 0 Å². The average molecular weight is 269 g/mol. The number of hydrogen-bond acceptors (Lipinski definition) is 4. The Morgan fingerprint density at radius 3 is 2.47 bits per heavy atom. The molecule has 0 unspecified atom stereocenters. The Hall–Kier alpha value is -1.13. The molecule has 1 aromatic heterocycles. The highest BCUT2D eigenvalue weighted by Gasteiger charge is 2.03. The van der Waals surface area contributed by atoms with Crippen LogP contribution in [0.4, 0.5) is 0 Å². The monoisotopic (exact) mass is 268 g/mol. The lowest BCUT2D eigenvalue weighted by molar-refractivity contribution is 0.304. The predicted octanol–water partition coefficient (Wildman–Crippen LogP) is 3.89. The Balaban J connectivity index is 1.95. The minimum absolute atomic E-state index is 0.408. The molecule has 0 saturated heterocycles. The third-order valence-corrected chi connectivity index (χ3v) is 3.34. The van der Waals surface area contributed by atoms with Crippen LogP contribution >= 0.6 is 22.9 Å². The molecule has 0 N–H and O–H groups in total. The van der Waals surface area contributed by atoms with Crippen molar-refractivity contribution in [3.05, 3.63) is 39.3 Å². The molecule has 0 radical (unpaired) electrons. The van der Waals surface area contributed by atoms with Gasteiger partial charge in [0.25, 0.3) is 0 Å². The Morgan fingerprint density at radius 1 is 1.24 bits per heavy atom. The van der Waals surface area contributed by atoms with Crippen LogP contribution in [-0.2, 0) is 6.61 Å². The number of hydrogen-bond donors (Lipinski definition) is 0. The van der Waals surface area contributed by atoms with Gasteiger partial charge in [0.15, 0.2) is 5.01 Å². The first kappa shape index (κ1) is 12.3. The molecule has 0 aliphatic rings. The van der Waals surface area contributed by atoms with Gasteiger partial charge in [0.1, 0.15) is 12.4 Å². The molecule has 90 valence electrons. The molecule has 0 aliphatic heterocycles. The molecule has 0 fully saturated rings. The molecule has 0 atom stereocenters. The molecule has 0 bridgehead atoms. The molecule has 1 heterocycles. The number of aromatic nitrogens is 2. The number of rotatable bonds is 4. The van der Waals surface area contributed by atoms with E-state index in [0.717, 1.165) is 10.8 Å². The van der Waals surface area contributed by atoms with Gasteiger partial charge in [-0.3, -0.25) is 0 Å². The van der Waals surface area contributed by atoms with Gasteiger partial charge < -0.3 is 4.74 Å². The Morgan fingerprint density at radius 2 is 1.94 bits per heavy atom. The number of halogens is 1. The van der Waals surface area contributed by atoms with Crippen molar-refractivity contribution in [1.29, 1.82) is 0 Å². The van der Waals surface area contributed by atoms with Crippen LogP contribution in [0.5, 0.6) is 5.75 Å². The lowest BCUT2D eigenvalue weighted by atomic mass is 10.0. The molecule has 2 rings (SSSR count). The summed E-state index contributed by atoms with van der Waals surface area (Å²) in [5.41, 5.74) is 1.30. The van der Waals surface area contributed by atoms with E-state index in [-0.39, 0.29) is 0 Å². The van der Waals surface area contributed by atoms with Gasteiger partial charge in [-0.1, -0.05) is 37.3 Å². The second-order valence-corrected chi connectivity index (χ2v) is 5.61. The van der Waals surface area contributed by atoms with E-state index in [1.165, 1.54) is 16.9 Å². The topological polar surface area (TPSA) is 35.0 Å². The molecule has 0 spiro atoms. The van der Waals surface area contributed by atoms with Crippen molar-refractivity contribution in [3.63, 3.8) is 0 Å². The summed E-state index contributed by atoms with van der Waals surface area (Å²) in [4.78, 5) is 0. The van der Waals surface area contributed by atoms with Crippen LogP contribution in [0.3, 0.4) is 0 Å². The van der Waals surface area contributed by atoms with Crippen molar-refractivity contribution in [3.8, 4) is 5.75 Å². The quantitative estimate of drug-likeness (QED) is 0.844. The standard InChI is InChI=1S/C12H13ClN2OS/c1-8(2)9-3-5-10(6-4-9)16-7-11-14-15-12(13)17-11/h3-6,8H,7H2,1-2H3. The second kappa shape index (κ2) is 5.47. The van der Waals surface area contributed by atoms with E-state index in [2.05, 4.69) is 36.2 Å². The number of nitrogens with zero attached hydrogens (tertiary/aromatic N) is 2. The Bertz CT molecular complexity index is 482. The third-order valence-electron chi connectivity index (χ3n) is 2.35. The lowest BCUT2D eigenvalue weighted by Crippen LogP contribution is -1.95. The first-order valence-corrected chi connectivity index (χ1v) is 6.55. The van der Waals surface area contributed by atoms with Crippen molar-refractivity contribution in [2.75, 3.05) is 0 Å². The third kappa shape index (κ3) is 3.41. The summed E-state index contributed by atoms with van der Waals surface area (Å²) in [6, 6.07) is 8.09. The molecule has 5 heteroatoms. The molecule has 0 amide bonds. The zero-order valence-corrected chi connectivity index (χ0v) is 11.3. The van der Waals surface area contributed by atoms with Crippen LogP contribution in [0.15, 0.2) is 24.3 Å². The SMILES string of the molecule is CC(C)c1ccc(OCc2nnc(Cl)s2)cc1. The molecule has 1 aromatic carbocycles. The zero-order chi connectivity index (χ0) is 12.3. The summed E-state index contributed by atoms with van der Waals surface area (Å²) in [6.07, 6.45) is 0. The maximum absolute atomic E-state index is 5.69. The van der Waals surface area contributed by atoms with Gasteiger partial charge >= 0.3 is 0 Å². The molecule has 2 aromatic rings. The highest BCUT2D eigenvalue weighted by molar-refractivity contribution is 7.15. The van der Waals surface area contributed by atoms with Crippen molar-refractivity contribution < 1.29 is 4.74 Å². The first-order valence-electron chi connectivity index (χ1n) is 5.36. The van der Waals surface area contributed by atoms with Crippen LogP contribution in [0.25, 0.3) is 0 Å². The summed E-state index contributed by atoms with van der Waals surface area (Å²) in [5, 5.41) is 8.39. The van der Waals surface area contributed by atoms with E-state index in [9.17, 15) is 0 Å². The van der Waals surface area contributed by atoms with E-state index in [0.29, 0.717) is 17.0 Å². The molecule has 3 nitrogen and oxygen atoms in total. The van der Waals surface area contributed by atoms with Crippen LogP contribution in [-0.4, -0.2) is 10.2 Å². The number of benzene rings is 1. The van der Waals surface area contributed by atoms with Gasteiger partial charge in [-0.05, 0) is 35.2 Å². The van der Waals surface area contributed by atoms with Crippen molar-refractivity contribution in [1.82, 2.24) is 10.2 Å². The molecule has 0 aliphatic carbocycles. The van der Waals surface area contributed by atoms with E-state index >= 15 is 0 Å². The zero-order valence-electron chi connectivity index (χ0n) is 9.68. The predicted molar refractivity (Wildman–Crippen MR) is 69.8 cm³/mol. The van der Waals surface area contributed by atoms with Crippen molar-refractivity contribution >= 4 is 22.9 Å². The maximum Gasteiger partial charge on any atom is 0.207 e. The summed E-state index contributed by atoms with van der Waals surface area (Å²) < 4.78 is 6.03. The fourth-order valence-corrected chi connectivity index (χ4v) is 2.17. The largest absolute Gasteiger partial charge is 0.486 e. The van der Waals surface area contributed by atoms with Crippen LogP contribution in [0.2, 0.25) is 4.47 Å². The van der Waals surface area contributed by atoms with Gasteiger partial charge in [-0.25, -0.2) is 0 Å². The van der Waals surface area contributed by atoms with E-state index in [1.54, 1.807) is 0 Å². The molecule has 17 heavy (non-hydrogen) atoms. The smallest absolute Gasteiger partial charge is 0.207 e. The average Bonchev–Trinajstić information content (AvgIpc) is 2.73. The van der Waals surface area contributed by atoms with Crippen molar-refractivity contribution in [2.24, 2.45) is 0 Å². The fourth-order valence-electron chi connectivity index (χ4n) is 1.39. The summed E-state index contributed by atoms with van der Waals surface area (Å²) in [6.45, 7) is 4.74. The highest BCUT2D eigenvalue weighted by atomic mass is 35.5. The van der Waals surface area contributed by atoms with Gasteiger partial charge in [-0.15, -0.1) is 10.2 Å². The van der Waals surface area contributed by atoms with Gasteiger partial charge in [0.2, 0.25) is 4.47 Å². The minimum atomic E-state index is 0.408. The molecular weight excluding hydrogens is 256 g/mol. The van der Waals surface area contributed by atoms with E-state index in [1.807, 2.05) is 12.1 Å². The molecule has 0 saturated carbocycles. The lowest BCUT2D eigenvalue weighted by Gasteiger charge is -2.07. The van der Waals surface area contributed by atoms with Crippen LogP contribution in [0, 0.1) is 0 Å². The molecular formula is C12H13ClN2OS. The normalized spacial score (nSPS) is 10.8. The van der Waals surface area contributed by atoms with Crippen LogP contribution in [0.1, 0.15) is 30.3 Å². The van der Waals surface area contributed by atoms with E-state index in [4.69, 9.17) is 16.3 Å². The summed E-state index contributed by atoms with van der Waals surface area (Å²) in [7, 11) is 0. The maximum atomic E-state index is 5.69. The summed E-state index contributed by atoms with van der Waals surface area (Å²) >= 11 is 7.02. The second-order valence-electron chi connectivity index (χ2n) is 3.96. The Kier molecular flexibility index (Phi) is 3.97. The van der Waals surface area contributed by atoms with Gasteiger partial charge in [0, 0.05) is 0 Å². The highest BCUT2D eigenvalue weighted by Crippen LogP contribution is 2.20. The fraction of sp³-hybridized carbons (Fsp3) is 0.333. The summed E-state index contributed by atoms with van der Waals surface area (Å²) in [5.74, 6) is 1.37. The Labute approximate surface area is 109 Å². The number of ether oxygens (including phenoxy) is 1. The van der Waals surface area contributed by atoms with Gasteiger partial charge in [0.05, 0.1) is 0 Å².